The van der Waals surface area contributed by atoms with Crippen molar-refractivity contribution in [1.82, 2.24) is 15.2 Å². The van der Waals surface area contributed by atoms with Gasteiger partial charge in [0.15, 0.2) is 0 Å². The lowest BCUT2D eigenvalue weighted by Gasteiger charge is -2.32. The molecule has 1 unspecified atom stereocenters. The van der Waals surface area contributed by atoms with Crippen LogP contribution >= 0.6 is 11.3 Å². The second kappa shape index (κ2) is 7.13. The lowest BCUT2D eigenvalue weighted by molar-refractivity contribution is 0.0934. The Morgan fingerprint density at radius 2 is 2.31 bits per heavy atom. The van der Waals surface area contributed by atoms with Gasteiger partial charge in [0.25, 0.3) is 5.91 Å². The van der Waals surface area contributed by atoms with E-state index in [-0.39, 0.29) is 17.5 Å². The molecule has 0 aliphatic carbocycles. The van der Waals surface area contributed by atoms with Gasteiger partial charge >= 0.3 is 0 Å². The van der Waals surface area contributed by atoms with Gasteiger partial charge in [-0.1, -0.05) is 6.07 Å². The molecule has 3 aromatic rings. The monoisotopic (exact) mass is 369 g/mol. The molecule has 0 spiro atoms. The van der Waals surface area contributed by atoms with E-state index >= 15 is 0 Å². The minimum atomic E-state index is -0.426. The number of nitrogens with zero attached hydrogens (tertiary/aromatic N) is 2. The van der Waals surface area contributed by atoms with Gasteiger partial charge < -0.3 is 5.32 Å². The summed E-state index contributed by atoms with van der Waals surface area (Å²) < 4.78 is 13.8. The van der Waals surface area contributed by atoms with Crippen molar-refractivity contribution in [2.45, 2.75) is 25.9 Å². The molecular formula is C20H20FN3OS. The number of benzene rings is 1. The first-order chi connectivity index (χ1) is 12.6. The van der Waals surface area contributed by atoms with Crippen LogP contribution in [0.3, 0.4) is 0 Å². The van der Waals surface area contributed by atoms with Gasteiger partial charge in [-0.3, -0.25) is 14.7 Å². The largest absolute Gasteiger partial charge is 0.350 e. The summed E-state index contributed by atoms with van der Waals surface area (Å²) in [5.74, 6) is -0.710. The Hall–Kier alpha value is -2.31. The molecule has 4 nitrogen and oxygen atoms in total. The molecular weight excluding hydrogens is 349 g/mol. The maximum Gasteiger partial charge on any atom is 0.253 e. The van der Waals surface area contributed by atoms with Crippen LogP contribution in [0.25, 0.3) is 10.9 Å². The second-order valence-electron chi connectivity index (χ2n) is 6.68. The Bertz CT molecular complexity index is 955. The van der Waals surface area contributed by atoms with E-state index in [1.54, 1.807) is 18.3 Å². The quantitative estimate of drug-likeness (QED) is 0.764. The predicted octanol–water partition coefficient (Wildman–Crippen LogP) is 3.61. The van der Waals surface area contributed by atoms with Crippen molar-refractivity contribution in [1.29, 1.82) is 0 Å². The van der Waals surface area contributed by atoms with Crippen molar-refractivity contribution < 1.29 is 9.18 Å². The number of rotatable bonds is 4. The molecule has 0 radical (unpaired) electrons. The van der Waals surface area contributed by atoms with Crippen molar-refractivity contribution in [2.24, 2.45) is 0 Å². The van der Waals surface area contributed by atoms with E-state index in [4.69, 9.17) is 0 Å². The van der Waals surface area contributed by atoms with E-state index in [9.17, 15) is 9.18 Å². The Morgan fingerprint density at radius 1 is 1.42 bits per heavy atom. The van der Waals surface area contributed by atoms with Crippen molar-refractivity contribution in [3.8, 4) is 0 Å². The fraction of sp³-hybridized carbons (Fsp3) is 0.300. The van der Waals surface area contributed by atoms with Crippen LogP contribution in [0, 0.1) is 5.82 Å². The molecule has 3 heterocycles. The number of pyridine rings is 1. The van der Waals surface area contributed by atoms with E-state index in [1.165, 1.54) is 22.6 Å². The Labute approximate surface area is 155 Å². The third-order valence-corrected chi connectivity index (χ3v) is 5.96. The molecule has 1 N–H and O–H groups in total. The van der Waals surface area contributed by atoms with Crippen LogP contribution in [-0.2, 0) is 13.0 Å². The number of amides is 1. The summed E-state index contributed by atoms with van der Waals surface area (Å²) in [6, 6.07) is 8.54. The molecule has 0 bridgehead atoms. The van der Waals surface area contributed by atoms with Crippen LogP contribution < -0.4 is 5.32 Å². The number of fused-ring (bicyclic) bond motifs is 2. The summed E-state index contributed by atoms with van der Waals surface area (Å²) in [6.45, 7) is 4.54. The number of hydrogen-bond acceptors (Lipinski definition) is 4. The number of aromatic nitrogens is 1. The molecule has 134 valence electrons. The average Bonchev–Trinajstić information content (AvgIpc) is 3.12. The van der Waals surface area contributed by atoms with Crippen molar-refractivity contribution >= 4 is 28.1 Å². The highest BCUT2D eigenvalue weighted by Gasteiger charge is 2.22. The SMILES string of the molecule is CC(CNC(=O)c1cc(F)cc2cccnc12)N1CCc2sccc2C1. The Balaban J connectivity index is 1.44. The van der Waals surface area contributed by atoms with Gasteiger partial charge in [-0.2, -0.15) is 0 Å². The van der Waals surface area contributed by atoms with Crippen molar-refractivity contribution in [3.05, 3.63) is 63.7 Å². The zero-order chi connectivity index (χ0) is 18.1. The zero-order valence-corrected chi connectivity index (χ0v) is 15.4. The molecule has 1 aromatic carbocycles. The number of carbonyl (C=O) groups is 1. The van der Waals surface area contributed by atoms with Crippen LogP contribution in [0.15, 0.2) is 41.9 Å². The number of hydrogen-bond donors (Lipinski definition) is 1. The summed E-state index contributed by atoms with van der Waals surface area (Å²) in [4.78, 5) is 20.7. The van der Waals surface area contributed by atoms with Gasteiger partial charge in [0.1, 0.15) is 5.82 Å². The topological polar surface area (TPSA) is 45.2 Å². The summed E-state index contributed by atoms with van der Waals surface area (Å²) in [6.07, 6.45) is 2.68. The maximum absolute atomic E-state index is 13.8. The molecule has 0 saturated carbocycles. The molecule has 26 heavy (non-hydrogen) atoms. The van der Waals surface area contributed by atoms with Gasteiger partial charge in [-0.05, 0) is 48.6 Å². The molecule has 1 atom stereocenters. The van der Waals surface area contributed by atoms with E-state index in [0.717, 1.165) is 19.5 Å². The van der Waals surface area contributed by atoms with E-state index in [1.807, 2.05) is 11.3 Å². The van der Waals surface area contributed by atoms with E-state index in [0.29, 0.717) is 17.4 Å². The third-order valence-electron chi connectivity index (χ3n) is 4.93. The first-order valence-corrected chi connectivity index (χ1v) is 9.61. The van der Waals surface area contributed by atoms with Gasteiger partial charge in [0, 0.05) is 42.1 Å². The van der Waals surface area contributed by atoms with Gasteiger partial charge in [-0.25, -0.2) is 4.39 Å². The van der Waals surface area contributed by atoms with Crippen LogP contribution in [0.5, 0.6) is 0 Å². The fourth-order valence-electron chi connectivity index (χ4n) is 3.44. The van der Waals surface area contributed by atoms with E-state index < -0.39 is 5.82 Å². The van der Waals surface area contributed by atoms with Crippen molar-refractivity contribution in [2.75, 3.05) is 13.1 Å². The summed E-state index contributed by atoms with van der Waals surface area (Å²) in [5, 5.41) is 5.72. The second-order valence-corrected chi connectivity index (χ2v) is 7.68. The highest BCUT2D eigenvalue weighted by Crippen LogP contribution is 2.25. The van der Waals surface area contributed by atoms with Crippen LogP contribution in [-0.4, -0.2) is 34.9 Å². The number of nitrogens with one attached hydrogen (secondary N) is 1. The molecule has 1 amide bonds. The summed E-state index contributed by atoms with van der Waals surface area (Å²) in [7, 11) is 0. The predicted molar refractivity (Wildman–Crippen MR) is 102 cm³/mol. The Morgan fingerprint density at radius 3 is 3.19 bits per heavy atom. The first-order valence-electron chi connectivity index (χ1n) is 8.73. The highest BCUT2D eigenvalue weighted by atomic mass is 32.1. The average molecular weight is 369 g/mol. The van der Waals surface area contributed by atoms with Crippen LogP contribution in [0.4, 0.5) is 4.39 Å². The summed E-state index contributed by atoms with van der Waals surface area (Å²) >= 11 is 1.82. The van der Waals surface area contributed by atoms with Gasteiger partial charge in [0.2, 0.25) is 0 Å². The molecule has 1 aliphatic heterocycles. The highest BCUT2D eigenvalue weighted by molar-refractivity contribution is 7.10. The van der Waals surface area contributed by atoms with E-state index in [2.05, 4.69) is 33.6 Å². The molecule has 1 aliphatic rings. The molecule has 6 heteroatoms. The van der Waals surface area contributed by atoms with Crippen LogP contribution in [0.2, 0.25) is 0 Å². The summed E-state index contributed by atoms with van der Waals surface area (Å²) in [5.41, 5.74) is 2.20. The van der Waals surface area contributed by atoms with Crippen LogP contribution in [0.1, 0.15) is 27.7 Å². The third kappa shape index (κ3) is 3.34. The van der Waals surface area contributed by atoms with Gasteiger partial charge in [0.05, 0.1) is 11.1 Å². The lowest BCUT2D eigenvalue weighted by Crippen LogP contribution is -2.44. The standard InChI is InChI=1S/C20H20FN3OS/c1-13(24-7-4-18-15(12-24)5-8-26-18)11-23-20(25)17-10-16(21)9-14-3-2-6-22-19(14)17/h2-3,5-6,8-10,13H,4,7,11-12H2,1H3,(H,23,25). The molecule has 0 saturated heterocycles. The smallest absolute Gasteiger partial charge is 0.253 e. The Kier molecular flexibility index (Phi) is 4.70. The lowest BCUT2D eigenvalue weighted by atomic mass is 10.1. The number of halogens is 1. The molecule has 4 rings (SSSR count). The number of carbonyl (C=O) groups excluding carboxylic acids is 1. The fourth-order valence-corrected chi connectivity index (χ4v) is 4.33. The van der Waals surface area contributed by atoms with Gasteiger partial charge in [-0.15, -0.1) is 11.3 Å². The first kappa shape index (κ1) is 17.1. The number of thiophene rings is 1. The molecule has 0 fully saturated rings. The van der Waals surface area contributed by atoms with Crippen molar-refractivity contribution in [3.63, 3.8) is 0 Å². The maximum atomic E-state index is 13.8. The normalized spacial score (nSPS) is 15.6. The molecule has 2 aromatic heterocycles. The zero-order valence-electron chi connectivity index (χ0n) is 14.5. The minimum absolute atomic E-state index is 0.208. The minimum Gasteiger partial charge on any atom is -0.350 e.